The van der Waals surface area contributed by atoms with Gasteiger partial charge in [-0.1, -0.05) is 39.3 Å². The number of fused-ring (bicyclic) bond motifs is 4. The van der Waals surface area contributed by atoms with E-state index >= 15 is 0 Å². The summed E-state index contributed by atoms with van der Waals surface area (Å²) in [5, 5.41) is 7.59. The highest BCUT2D eigenvalue weighted by Gasteiger charge is 2.37. The van der Waals surface area contributed by atoms with Crippen LogP contribution in [0, 0.1) is 11.3 Å². The Bertz CT molecular complexity index is 1380. The molecule has 0 radical (unpaired) electrons. The van der Waals surface area contributed by atoms with Crippen molar-refractivity contribution < 1.29 is 23.8 Å². The van der Waals surface area contributed by atoms with Crippen LogP contribution in [-0.2, 0) is 12.8 Å². The average molecular weight is 519 g/mol. The van der Waals surface area contributed by atoms with Crippen molar-refractivity contribution in [3.05, 3.63) is 69.6 Å². The SMILES string of the molecule is CCC(C)(C)[C@H]1CCc2c(sc3c2C(=O)N[C@H](c2ccc(OC(=O)c4ccc5c(c4)OCO5)cc2)N3)C1. The van der Waals surface area contributed by atoms with Crippen molar-refractivity contribution >= 4 is 28.2 Å². The summed E-state index contributed by atoms with van der Waals surface area (Å²) in [4.78, 5) is 27.1. The fourth-order valence-corrected chi connectivity index (χ4v) is 6.69. The Kier molecular flexibility index (Phi) is 5.87. The summed E-state index contributed by atoms with van der Waals surface area (Å²) in [6.07, 6.45) is 3.93. The van der Waals surface area contributed by atoms with Crippen molar-refractivity contribution in [1.29, 1.82) is 0 Å². The lowest BCUT2D eigenvalue weighted by molar-refractivity contribution is 0.0734. The smallest absolute Gasteiger partial charge is 0.343 e. The molecule has 0 fully saturated rings. The highest BCUT2D eigenvalue weighted by atomic mass is 32.1. The van der Waals surface area contributed by atoms with E-state index in [-0.39, 0.29) is 18.9 Å². The summed E-state index contributed by atoms with van der Waals surface area (Å²) >= 11 is 1.73. The lowest BCUT2D eigenvalue weighted by Crippen LogP contribution is -2.38. The van der Waals surface area contributed by atoms with Crippen LogP contribution in [0.3, 0.4) is 0 Å². The Hall–Kier alpha value is -3.52. The molecule has 2 N–H and O–H groups in total. The second kappa shape index (κ2) is 9.10. The Morgan fingerprint density at radius 2 is 1.89 bits per heavy atom. The molecule has 0 saturated heterocycles. The number of anilines is 1. The lowest BCUT2D eigenvalue weighted by atomic mass is 9.69. The van der Waals surface area contributed by atoms with Crippen molar-refractivity contribution in [3.8, 4) is 17.2 Å². The van der Waals surface area contributed by atoms with E-state index in [0.717, 1.165) is 41.8 Å². The summed E-state index contributed by atoms with van der Waals surface area (Å²) in [5.74, 6) is 1.70. The van der Waals surface area contributed by atoms with Gasteiger partial charge in [-0.2, -0.15) is 0 Å². The largest absolute Gasteiger partial charge is 0.454 e. The van der Waals surface area contributed by atoms with Crippen LogP contribution >= 0.6 is 11.3 Å². The summed E-state index contributed by atoms with van der Waals surface area (Å²) in [7, 11) is 0. The second-order valence-electron chi connectivity index (χ2n) is 10.6. The number of esters is 1. The van der Waals surface area contributed by atoms with E-state index < -0.39 is 5.97 Å². The van der Waals surface area contributed by atoms with Crippen molar-refractivity contribution in [2.75, 3.05) is 12.1 Å². The summed E-state index contributed by atoms with van der Waals surface area (Å²) in [6, 6.07) is 12.2. The molecule has 2 atom stereocenters. The first kappa shape index (κ1) is 23.9. The van der Waals surface area contributed by atoms with Gasteiger partial charge >= 0.3 is 5.97 Å². The molecule has 8 heteroatoms. The van der Waals surface area contributed by atoms with Crippen LogP contribution in [-0.4, -0.2) is 18.7 Å². The van der Waals surface area contributed by atoms with E-state index in [1.165, 1.54) is 10.4 Å². The highest BCUT2D eigenvalue weighted by molar-refractivity contribution is 7.16. The standard InChI is InChI=1S/C29H30N2O5S/c1-4-29(2,3)18-8-11-20-23(14-18)37-27-24(20)26(32)30-25(31-27)16-5-9-19(10-6-16)36-28(33)17-7-12-21-22(13-17)35-15-34-21/h5-7,9-10,12-13,18,25,31H,4,8,11,14-15H2,1-3H3,(H,30,32)/t18-,25-/m0/s1. The first-order chi connectivity index (χ1) is 17.8. The zero-order chi connectivity index (χ0) is 25.7. The highest BCUT2D eigenvalue weighted by Crippen LogP contribution is 2.47. The van der Waals surface area contributed by atoms with E-state index in [1.54, 1.807) is 41.7 Å². The number of nitrogens with one attached hydrogen (secondary N) is 2. The molecule has 0 spiro atoms. The molecule has 192 valence electrons. The third-order valence-electron chi connectivity index (χ3n) is 8.09. The quantitative estimate of drug-likeness (QED) is 0.314. The van der Waals surface area contributed by atoms with Gasteiger partial charge in [0.2, 0.25) is 6.79 Å². The van der Waals surface area contributed by atoms with Gasteiger partial charge in [0.25, 0.3) is 5.91 Å². The minimum Gasteiger partial charge on any atom is -0.454 e. The first-order valence-electron chi connectivity index (χ1n) is 12.8. The van der Waals surface area contributed by atoms with Crippen molar-refractivity contribution in [1.82, 2.24) is 5.32 Å². The van der Waals surface area contributed by atoms with E-state index in [9.17, 15) is 9.59 Å². The second-order valence-corrected chi connectivity index (χ2v) is 11.7. The topological polar surface area (TPSA) is 85.9 Å². The fourth-order valence-electron chi connectivity index (χ4n) is 5.34. The summed E-state index contributed by atoms with van der Waals surface area (Å²) in [6.45, 7) is 7.12. The van der Waals surface area contributed by atoms with E-state index in [2.05, 4.69) is 31.4 Å². The molecule has 3 heterocycles. The number of hydrogen-bond acceptors (Lipinski definition) is 7. The van der Waals surface area contributed by atoms with Crippen LogP contribution in [0.1, 0.15) is 76.5 Å². The van der Waals surface area contributed by atoms with Gasteiger partial charge in [-0.15, -0.1) is 11.3 Å². The molecular formula is C29H30N2O5S. The average Bonchev–Trinajstić information content (AvgIpc) is 3.52. The molecule has 3 aliphatic rings. The Labute approximate surface area is 220 Å². The maximum Gasteiger partial charge on any atom is 0.343 e. The molecule has 0 unspecified atom stereocenters. The van der Waals surface area contributed by atoms with Crippen molar-refractivity contribution in [2.45, 2.75) is 52.6 Å². The number of amides is 1. The van der Waals surface area contributed by atoms with Gasteiger partial charge in [-0.25, -0.2) is 4.79 Å². The maximum atomic E-state index is 13.2. The fraction of sp³-hybridized carbons (Fsp3) is 0.379. The van der Waals surface area contributed by atoms with E-state index in [1.807, 2.05) is 12.1 Å². The number of thiophene rings is 1. The van der Waals surface area contributed by atoms with Gasteiger partial charge < -0.3 is 24.8 Å². The minimum atomic E-state index is -0.478. The molecule has 7 nitrogen and oxygen atoms in total. The maximum absolute atomic E-state index is 13.2. The summed E-state index contributed by atoms with van der Waals surface area (Å²) in [5.41, 5.74) is 3.61. The third-order valence-corrected chi connectivity index (χ3v) is 9.28. The molecule has 1 aliphatic carbocycles. The Morgan fingerprint density at radius 3 is 2.68 bits per heavy atom. The molecule has 0 saturated carbocycles. The Balaban J connectivity index is 1.15. The Morgan fingerprint density at radius 1 is 1.11 bits per heavy atom. The van der Waals surface area contributed by atoms with Gasteiger partial charge in [0.05, 0.1) is 11.1 Å². The number of carbonyl (C=O) groups is 2. The summed E-state index contributed by atoms with van der Waals surface area (Å²) < 4.78 is 16.2. The molecule has 1 amide bonds. The zero-order valence-electron chi connectivity index (χ0n) is 21.2. The lowest BCUT2D eigenvalue weighted by Gasteiger charge is -2.36. The monoisotopic (exact) mass is 518 g/mol. The number of hydrogen-bond donors (Lipinski definition) is 2. The normalized spacial score (nSPS) is 19.9. The molecule has 3 aromatic rings. The molecular weight excluding hydrogens is 488 g/mol. The number of benzene rings is 2. The predicted octanol–water partition coefficient (Wildman–Crippen LogP) is 6.09. The van der Waals surface area contributed by atoms with Crippen LogP contribution in [0.15, 0.2) is 42.5 Å². The van der Waals surface area contributed by atoms with Crippen LogP contribution in [0.4, 0.5) is 5.00 Å². The van der Waals surface area contributed by atoms with Gasteiger partial charge in [0, 0.05) is 4.88 Å². The van der Waals surface area contributed by atoms with Gasteiger partial charge in [0.1, 0.15) is 16.9 Å². The first-order valence-corrected chi connectivity index (χ1v) is 13.6. The zero-order valence-corrected chi connectivity index (χ0v) is 22.0. The third kappa shape index (κ3) is 4.33. The predicted molar refractivity (Wildman–Crippen MR) is 142 cm³/mol. The van der Waals surface area contributed by atoms with Crippen molar-refractivity contribution in [3.63, 3.8) is 0 Å². The van der Waals surface area contributed by atoms with Gasteiger partial charge in [0.15, 0.2) is 11.5 Å². The number of rotatable bonds is 5. The van der Waals surface area contributed by atoms with Gasteiger partial charge in [-0.3, -0.25) is 4.79 Å². The van der Waals surface area contributed by atoms with Crippen LogP contribution in [0.2, 0.25) is 0 Å². The molecule has 2 aromatic carbocycles. The van der Waals surface area contributed by atoms with E-state index in [0.29, 0.717) is 34.1 Å². The van der Waals surface area contributed by atoms with Gasteiger partial charge in [-0.05, 0) is 72.1 Å². The molecule has 6 rings (SSSR count). The minimum absolute atomic E-state index is 0.0252. The van der Waals surface area contributed by atoms with Crippen LogP contribution < -0.4 is 24.8 Å². The molecule has 0 bridgehead atoms. The number of carbonyl (C=O) groups excluding carboxylic acids is 2. The molecule has 37 heavy (non-hydrogen) atoms. The molecule has 1 aromatic heterocycles. The van der Waals surface area contributed by atoms with Crippen LogP contribution in [0.5, 0.6) is 17.2 Å². The van der Waals surface area contributed by atoms with Crippen molar-refractivity contribution in [2.24, 2.45) is 11.3 Å². The molecule has 2 aliphatic heterocycles. The van der Waals surface area contributed by atoms with Crippen LogP contribution in [0.25, 0.3) is 0 Å². The number of ether oxygens (including phenoxy) is 3. The van der Waals surface area contributed by atoms with E-state index in [4.69, 9.17) is 14.2 Å².